The van der Waals surface area contributed by atoms with Crippen molar-refractivity contribution < 1.29 is 35.9 Å². The SMILES string of the molecule is FC(F)(F)C(F)(F)F.N#[N+][O-].O=C=O. The Morgan fingerprint density at radius 2 is 1.07 bits per heavy atom. The van der Waals surface area contributed by atoms with Gasteiger partial charge in [-0.1, -0.05) is 0 Å². The molecular weight excluding hydrogens is 226 g/mol. The molecule has 0 fully saturated rings. The molecule has 11 heteroatoms. The molecule has 0 saturated heterocycles. The highest BCUT2D eigenvalue weighted by Gasteiger charge is 2.58. The molecule has 0 unspecified atom stereocenters. The number of nitrogens with zero attached hydrogens (tertiary/aromatic N) is 2. The maximum Gasteiger partial charge on any atom is 0.487 e. The Morgan fingerprint density at radius 3 is 1.07 bits per heavy atom. The van der Waals surface area contributed by atoms with E-state index in [1.165, 1.54) is 5.14 Å². The molecule has 0 saturated carbocycles. The summed E-state index contributed by atoms with van der Waals surface area (Å²) in [4.78, 5) is 16.2. The highest BCUT2D eigenvalue weighted by atomic mass is 19.5. The molecule has 0 heterocycles. The molecule has 82 valence electrons. The van der Waals surface area contributed by atoms with Crippen molar-refractivity contribution in [1.29, 1.82) is 5.39 Å². The molecule has 0 aliphatic carbocycles. The zero-order valence-electron chi connectivity index (χ0n) is 5.89. The second-order valence-corrected chi connectivity index (χ2v) is 1.16. The van der Waals surface area contributed by atoms with Crippen LogP contribution in [-0.2, 0) is 9.59 Å². The quantitative estimate of drug-likeness (QED) is 0.358. The van der Waals surface area contributed by atoms with E-state index in [0.29, 0.717) is 0 Å². The minimum absolute atomic E-state index is 0.250. The van der Waals surface area contributed by atoms with E-state index in [4.69, 9.17) is 20.2 Å². The first-order valence-electron chi connectivity index (χ1n) is 2.17. The lowest BCUT2D eigenvalue weighted by Crippen LogP contribution is -2.30. The molecule has 0 aliphatic heterocycles. The van der Waals surface area contributed by atoms with E-state index in [1.807, 2.05) is 0 Å². The van der Waals surface area contributed by atoms with Crippen LogP contribution in [0.1, 0.15) is 0 Å². The van der Waals surface area contributed by atoms with Crippen LogP contribution < -0.4 is 0 Å². The summed E-state index contributed by atoms with van der Waals surface area (Å²) in [6.07, 6.45) is -11.9. The predicted octanol–water partition coefficient (Wildman–Crippen LogP) is 1.86. The molecule has 14 heavy (non-hydrogen) atoms. The largest absolute Gasteiger partial charge is 0.487 e. The van der Waals surface area contributed by atoms with Crippen LogP contribution in [-0.4, -0.2) is 18.5 Å². The van der Waals surface area contributed by atoms with Gasteiger partial charge in [0.25, 0.3) is 0 Å². The van der Waals surface area contributed by atoms with E-state index in [9.17, 15) is 26.3 Å². The molecule has 0 atom stereocenters. The molecule has 0 aromatic rings. The van der Waals surface area contributed by atoms with Crippen LogP contribution in [0, 0.1) is 10.6 Å². The number of alkyl halides is 6. The summed E-state index contributed by atoms with van der Waals surface area (Å²) in [5.74, 6) is 0. The van der Waals surface area contributed by atoms with Gasteiger partial charge >= 0.3 is 18.5 Å². The third kappa shape index (κ3) is 16.6. The Hall–Kier alpha value is -1.82. The zero-order valence-corrected chi connectivity index (χ0v) is 5.89. The van der Waals surface area contributed by atoms with Gasteiger partial charge in [-0.15, -0.1) is 0 Å². The first kappa shape index (κ1) is 18.1. The van der Waals surface area contributed by atoms with Gasteiger partial charge in [-0.3, -0.25) is 0 Å². The molecule has 5 nitrogen and oxygen atoms in total. The van der Waals surface area contributed by atoms with Crippen molar-refractivity contribution >= 4 is 6.15 Å². The topological polar surface area (TPSA) is 85.3 Å². The Labute approximate surface area is 71.5 Å². The highest BCUT2D eigenvalue weighted by molar-refractivity contribution is 5.20. The summed E-state index contributed by atoms with van der Waals surface area (Å²) in [6.45, 7) is 0. The van der Waals surface area contributed by atoms with Crippen molar-refractivity contribution in [3.05, 3.63) is 10.3 Å². The fourth-order valence-electron chi connectivity index (χ4n) is 0. The maximum atomic E-state index is 10.4. The summed E-state index contributed by atoms with van der Waals surface area (Å²) in [7, 11) is 0. The Bertz CT molecular complexity index is 196. The van der Waals surface area contributed by atoms with Crippen molar-refractivity contribution in [2.75, 3.05) is 0 Å². The Balaban J connectivity index is -0.000000168. The second-order valence-electron chi connectivity index (χ2n) is 1.16. The molecule has 0 aliphatic rings. The summed E-state index contributed by atoms with van der Waals surface area (Å²) in [5, 5.41) is 16.0. The fraction of sp³-hybridized carbons (Fsp3) is 0.667. The molecule has 0 spiro atoms. The number of diazo groups is 1. The smallest absolute Gasteiger partial charge is 0.463 e. The van der Waals surface area contributed by atoms with E-state index in [2.05, 4.69) is 0 Å². The van der Waals surface area contributed by atoms with Gasteiger partial charge in [0.05, 0.1) is 0 Å². The standard InChI is InChI=1S/C2F6.CO2.N2O/c3-1(4,5)2(6,7)8;2-1-3;1-2-3. The minimum atomic E-state index is -6.06. The zero-order chi connectivity index (χ0) is 12.4. The first-order chi connectivity index (χ1) is 6.08. The van der Waals surface area contributed by atoms with E-state index < -0.39 is 12.4 Å². The normalized spacial score (nSPS) is 9.21. The van der Waals surface area contributed by atoms with Crippen LogP contribution >= 0.6 is 0 Å². The lowest BCUT2D eigenvalue weighted by atomic mass is 10.7. The number of carbonyl (C=O) groups excluding carboxylic acids is 2. The lowest BCUT2D eigenvalue weighted by molar-refractivity contribution is -0.339. The molecule has 0 aromatic heterocycles. The molecule has 0 bridgehead atoms. The second kappa shape index (κ2) is 7.81. The maximum absolute atomic E-state index is 10.4. The molecule has 0 amide bonds. The van der Waals surface area contributed by atoms with E-state index in [0.717, 1.165) is 0 Å². The summed E-state index contributed by atoms with van der Waals surface area (Å²) >= 11 is 0. The molecule has 0 aromatic carbocycles. The third-order valence-corrected chi connectivity index (χ3v) is 0.321. The van der Waals surface area contributed by atoms with Crippen LogP contribution in [0.2, 0.25) is 0 Å². The van der Waals surface area contributed by atoms with Gasteiger partial charge in [0.15, 0.2) is 0 Å². The third-order valence-electron chi connectivity index (χ3n) is 0.321. The number of halogens is 6. The van der Waals surface area contributed by atoms with Gasteiger partial charge in [0.2, 0.25) is 10.5 Å². The van der Waals surface area contributed by atoms with Gasteiger partial charge in [-0.25, -0.2) is 0 Å². The van der Waals surface area contributed by atoms with Crippen molar-refractivity contribution in [2.45, 2.75) is 12.4 Å². The highest BCUT2D eigenvalue weighted by Crippen LogP contribution is 2.35. The lowest BCUT2D eigenvalue weighted by Gasteiger charge is -2.08. The van der Waals surface area contributed by atoms with E-state index in [-0.39, 0.29) is 6.15 Å². The predicted molar refractivity (Wildman–Crippen MR) is 25.6 cm³/mol. The Kier molecular flexibility index (Phi) is 10.1. The number of hydrogen-bond acceptors (Lipinski definition) is 4. The van der Waals surface area contributed by atoms with Crippen LogP contribution in [0.3, 0.4) is 0 Å². The fourth-order valence-corrected chi connectivity index (χ4v) is 0. The van der Waals surface area contributed by atoms with E-state index in [1.54, 1.807) is 0 Å². The van der Waals surface area contributed by atoms with Gasteiger partial charge in [-0.2, -0.15) is 35.9 Å². The van der Waals surface area contributed by atoms with Gasteiger partial charge < -0.3 is 5.21 Å². The van der Waals surface area contributed by atoms with Gasteiger partial charge in [-0.05, 0) is 0 Å². The minimum Gasteiger partial charge on any atom is -0.463 e. The van der Waals surface area contributed by atoms with Crippen LogP contribution in [0.5, 0.6) is 0 Å². The Morgan fingerprint density at radius 1 is 1.00 bits per heavy atom. The van der Waals surface area contributed by atoms with Crippen molar-refractivity contribution in [1.82, 2.24) is 0 Å². The summed E-state index contributed by atoms with van der Waals surface area (Å²) in [6, 6.07) is 0. The monoisotopic (exact) mass is 226 g/mol. The average molecular weight is 226 g/mol. The van der Waals surface area contributed by atoms with Crippen molar-refractivity contribution in [2.24, 2.45) is 0 Å². The number of rotatable bonds is 0. The molecule has 0 radical (unpaired) electrons. The van der Waals surface area contributed by atoms with Crippen LogP contribution in [0.4, 0.5) is 26.3 Å². The first-order valence-corrected chi connectivity index (χ1v) is 2.17. The van der Waals surface area contributed by atoms with Crippen molar-refractivity contribution in [3.63, 3.8) is 0 Å². The summed E-state index contributed by atoms with van der Waals surface area (Å²) < 4.78 is 62.6. The summed E-state index contributed by atoms with van der Waals surface area (Å²) in [5.41, 5.74) is 0. The van der Waals surface area contributed by atoms with E-state index >= 15 is 0 Å². The van der Waals surface area contributed by atoms with Crippen LogP contribution in [0.25, 0.3) is 5.14 Å². The van der Waals surface area contributed by atoms with Gasteiger partial charge in [0, 0.05) is 0 Å². The van der Waals surface area contributed by atoms with Gasteiger partial charge in [0.1, 0.15) is 0 Å². The van der Waals surface area contributed by atoms with Crippen LogP contribution in [0.15, 0.2) is 0 Å². The average Bonchev–Trinajstić information content (AvgIpc) is 1.85. The molecular formula is C3F6N2O3. The number of hydrogen-bond donors (Lipinski definition) is 0. The molecule has 0 rings (SSSR count). The van der Waals surface area contributed by atoms with Crippen molar-refractivity contribution in [3.8, 4) is 0 Å². The molecule has 0 N–H and O–H groups in total.